The van der Waals surface area contributed by atoms with E-state index in [1.54, 1.807) is 6.07 Å². The van der Waals surface area contributed by atoms with Crippen molar-refractivity contribution in [2.75, 3.05) is 13.1 Å². The topological polar surface area (TPSA) is 86.1 Å². The van der Waals surface area contributed by atoms with Crippen LogP contribution in [0.25, 0.3) is 32.8 Å². The zero-order chi connectivity index (χ0) is 25.4. The molecule has 1 fully saturated rings. The molecule has 5 rings (SSSR count). The third kappa shape index (κ3) is 4.58. The maximum absolute atomic E-state index is 13.7. The molecule has 9 heteroatoms. The van der Waals surface area contributed by atoms with Crippen LogP contribution in [-0.2, 0) is 4.79 Å². The number of nitriles is 1. The number of benzene rings is 3. The molecule has 1 unspecified atom stereocenters. The summed E-state index contributed by atoms with van der Waals surface area (Å²) in [5, 5.41) is 14.9. The van der Waals surface area contributed by atoms with E-state index in [1.165, 1.54) is 12.3 Å². The quantitative estimate of drug-likeness (QED) is 0.414. The van der Waals surface area contributed by atoms with Crippen molar-refractivity contribution < 1.29 is 18.4 Å². The second-order valence-corrected chi connectivity index (χ2v) is 9.14. The van der Waals surface area contributed by atoms with Gasteiger partial charge in [-0.15, -0.1) is 0 Å². The summed E-state index contributed by atoms with van der Waals surface area (Å²) < 4.78 is 27.3. The smallest absolute Gasteiger partial charge is 0.268 e. The summed E-state index contributed by atoms with van der Waals surface area (Å²) in [6, 6.07) is 19.2. The minimum Gasteiger partial charge on any atom is -0.343 e. The first-order valence-electron chi connectivity index (χ1n) is 11.2. The highest BCUT2D eigenvalue weighted by molar-refractivity contribution is 6.31. The summed E-state index contributed by atoms with van der Waals surface area (Å²) in [6.45, 7) is -1.33. The highest BCUT2D eigenvalue weighted by Crippen LogP contribution is 2.32. The predicted octanol–water partition coefficient (Wildman–Crippen LogP) is 5.20. The molecular weight excluding hydrogens is 486 g/mol. The van der Waals surface area contributed by atoms with Crippen LogP contribution < -0.4 is 5.32 Å². The van der Waals surface area contributed by atoms with E-state index in [2.05, 4.69) is 10.3 Å². The molecule has 1 atom stereocenters. The lowest BCUT2D eigenvalue weighted by Gasteiger charge is -2.19. The maximum atomic E-state index is 13.7. The number of hydrogen-bond donors (Lipinski definition) is 1. The number of nitrogens with zero attached hydrogens (tertiary/aromatic N) is 3. The highest BCUT2D eigenvalue weighted by atomic mass is 35.5. The zero-order valence-corrected chi connectivity index (χ0v) is 19.6. The third-order valence-corrected chi connectivity index (χ3v) is 6.50. The molecule has 1 aliphatic heterocycles. The van der Waals surface area contributed by atoms with Gasteiger partial charge in [-0.2, -0.15) is 5.26 Å². The first-order chi connectivity index (χ1) is 17.2. The summed E-state index contributed by atoms with van der Waals surface area (Å²) in [4.78, 5) is 30.6. The van der Waals surface area contributed by atoms with E-state index in [1.807, 2.05) is 54.6 Å². The molecule has 0 bridgehead atoms. The molecule has 36 heavy (non-hydrogen) atoms. The fourth-order valence-electron chi connectivity index (χ4n) is 4.47. The Hall–Kier alpha value is -4.09. The third-order valence-electron chi connectivity index (χ3n) is 6.26. The normalized spacial score (nSPS) is 16.7. The molecule has 2 heterocycles. The Morgan fingerprint density at radius 2 is 1.81 bits per heavy atom. The van der Waals surface area contributed by atoms with Gasteiger partial charge in [-0.3, -0.25) is 14.6 Å². The SMILES string of the molecule is N#CC1CC(F)(F)CN1C(=O)CNC(=O)c1ccnc2ccc(-c3ccc4cc(Cl)ccc4c3)cc12. The zero-order valence-electron chi connectivity index (χ0n) is 18.8. The van der Waals surface area contributed by atoms with Crippen molar-refractivity contribution in [3.8, 4) is 17.2 Å². The Bertz CT molecular complexity index is 1570. The summed E-state index contributed by atoms with van der Waals surface area (Å²) in [7, 11) is 0. The van der Waals surface area contributed by atoms with Gasteiger partial charge in [0.15, 0.2) is 0 Å². The van der Waals surface area contributed by atoms with Crippen LogP contribution in [0.5, 0.6) is 0 Å². The van der Waals surface area contributed by atoms with E-state index in [9.17, 15) is 18.4 Å². The van der Waals surface area contributed by atoms with E-state index in [-0.39, 0.29) is 0 Å². The summed E-state index contributed by atoms with van der Waals surface area (Å²) >= 11 is 6.08. The van der Waals surface area contributed by atoms with Gasteiger partial charge in [0.05, 0.1) is 30.2 Å². The van der Waals surface area contributed by atoms with Crippen molar-refractivity contribution in [3.63, 3.8) is 0 Å². The molecule has 1 aromatic heterocycles. The van der Waals surface area contributed by atoms with Gasteiger partial charge in [0.2, 0.25) is 5.91 Å². The molecule has 1 aliphatic rings. The van der Waals surface area contributed by atoms with Gasteiger partial charge >= 0.3 is 0 Å². The van der Waals surface area contributed by atoms with Gasteiger partial charge in [0.25, 0.3) is 11.8 Å². The molecule has 2 amide bonds. The summed E-state index contributed by atoms with van der Waals surface area (Å²) in [5.41, 5.74) is 2.70. The van der Waals surface area contributed by atoms with Crippen LogP contribution >= 0.6 is 11.6 Å². The Morgan fingerprint density at radius 3 is 2.61 bits per heavy atom. The van der Waals surface area contributed by atoms with Crippen LogP contribution in [0.4, 0.5) is 8.78 Å². The van der Waals surface area contributed by atoms with Gasteiger partial charge in [-0.05, 0) is 58.3 Å². The molecule has 0 radical (unpaired) electrons. The molecule has 4 aromatic rings. The average Bonchev–Trinajstić information content (AvgIpc) is 3.20. The lowest BCUT2D eigenvalue weighted by atomic mass is 9.98. The number of amides is 2. The average molecular weight is 505 g/mol. The summed E-state index contributed by atoms with van der Waals surface area (Å²) in [6.07, 6.45) is 0.786. The van der Waals surface area contributed by atoms with Crippen molar-refractivity contribution in [2.45, 2.75) is 18.4 Å². The fourth-order valence-corrected chi connectivity index (χ4v) is 4.65. The second kappa shape index (κ2) is 9.17. The molecule has 3 aromatic carbocycles. The monoisotopic (exact) mass is 504 g/mol. The molecule has 1 N–H and O–H groups in total. The van der Waals surface area contributed by atoms with Crippen LogP contribution in [0.2, 0.25) is 5.02 Å². The van der Waals surface area contributed by atoms with Crippen molar-refractivity contribution in [3.05, 3.63) is 77.4 Å². The number of aromatic nitrogens is 1. The summed E-state index contributed by atoms with van der Waals surface area (Å²) in [5.74, 6) is -4.39. The second-order valence-electron chi connectivity index (χ2n) is 8.71. The van der Waals surface area contributed by atoms with E-state index in [0.717, 1.165) is 26.8 Å². The number of alkyl halides is 2. The minimum atomic E-state index is -3.12. The number of halogens is 3. The number of nitrogens with one attached hydrogen (secondary N) is 1. The molecule has 1 saturated heterocycles. The van der Waals surface area contributed by atoms with Crippen LogP contribution in [0.1, 0.15) is 16.8 Å². The molecule has 180 valence electrons. The van der Waals surface area contributed by atoms with Crippen molar-refractivity contribution in [2.24, 2.45) is 0 Å². The lowest BCUT2D eigenvalue weighted by Crippen LogP contribution is -2.43. The largest absolute Gasteiger partial charge is 0.343 e. The Morgan fingerprint density at radius 1 is 1.08 bits per heavy atom. The van der Waals surface area contributed by atoms with Crippen molar-refractivity contribution in [1.29, 1.82) is 5.26 Å². The van der Waals surface area contributed by atoms with Crippen molar-refractivity contribution in [1.82, 2.24) is 15.2 Å². The van der Waals surface area contributed by atoms with Crippen LogP contribution in [0.3, 0.4) is 0 Å². The minimum absolute atomic E-state index is 0.297. The number of carbonyl (C=O) groups excluding carboxylic acids is 2. The van der Waals surface area contributed by atoms with Crippen LogP contribution in [0.15, 0.2) is 66.9 Å². The molecule has 6 nitrogen and oxygen atoms in total. The van der Waals surface area contributed by atoms with Crippen LogP contribution in [-0.4, -0.2) is 46.8 Å². The fraction of sp³-hybridized carbons (Fsp3) is 0.185. The Kier molecular flexibility index (Phi) is 6.02. The number of hydrogen-bond acceptors (Lipinski definition) is 4. The lowest BCUT2D eigenvalue weighted by molar-refractivity contribution is -0.131. The molecule has 0 aliphatic carbocycles. The molecule has 0 saturated carbocycles. The van der Waals surface area contributed by atoms with Gasteiger partial charge in [0, 0.05) is 23.0 Å². The first-order valence-corrected chi connectivity index (χ1v) is 11.6. The van der Waals surface area contributed by atoms with Gasteiger partial charge in [-0.25, -0.2) is 8.78 Å². The van der Waals surface area contributed by atoms with E-state index in [4.69, 9.17) is 16.9 Å². The molecule has 0 spiro atoms. The predicted molar refractivity (Wildman–Crippen MR) is 133 cm³/mol. The standard InChI is InChI=1S/C27H19ClF2N4O2/c28-20-5-3-17-9-16(1-2-18(17)10-20)19-4-6-24-23(11-19)22(7-8-32-24)26(36)33-14-25(35)34-15-27(29,30)12-21(34)13-31/h1-11,21H,12,14-15H2,(H,33,36). The number of pyridine rings is 1. The van der Waals surface area contributed by atoms with Crippen LogP contribution in [0, 0.1) is 11.3 Å². The van der Waals surface area contributed by atoms with Gasteiger partial charge in [-0.1, -0.05) is 35.9 Å². The number of rotatable bonds is 4. The number of likely N-dealkylation sites (tertiary alicyclic amines) is 1. The van der Waals surface area contributed by atoms with E-state index in [0.29, 0.717) is 21.5 Å². The highest BCUT2D eigenvalue weighted by Gasteiger charge is 2.47. The van der Waals surface area contributed by atoms with E-state index < -0.39 is 43.3 Å². The Labute approximate surface area is 210 Å². The van der Waals surface area contributed by atoms with Gasteiger partial charge < -0.3 is 10.2 Å². The first kappa shape index (κ1) is 23.6. The van der Waals surface area contributed by atoms with Gasteiger partial charge in [0.1, 0.15) is 6.04 Å². The molecular formula is C27H19ClF2N4O2. The Balaban J connectivity index is 1.39. The van der Waals surface area contributed by atoms with Crippen molar-refractivity contribution >= 4 is 45.1 Å². The maximum Gasteiger partial charge on any atom is 0.268 e. The number of carbonyl (C=O) groups is 2. The number of fused-ring (bicyclic) bond motifs is 2. The van der Waals surface area contributed by atoms with E-state index >= 15 is 0 Å².